The molecule has 0 aliphatic rings. The Kier molecular flexibility index (Phi) is 7.19. The standard InChI is InChI=1S/C19H36N2O4SSi/c1-18(2,3)20-13-17(25-27(8,9)19(4,5)6)14-10-11-16(22)15(12-14)21-26(7,23)24/h10-12,17,20-22H,13H2,1-9H3/t17-/m1/s1. The highest BCUT2D eigenvalue weighted by Gasteiger charge is 2.39. The van der Waals surface area contributed by atoms with Crippen molar-refractivity contribution in [1.29, 1.82) is 0 Å². The molecule has 0 amide bonds. The van der Waals surface area contributed by atoms with Crippen LogP contribution in [-0.2, 0) is 14.4 Å². The number of phenols is 1. The molecule has 8 heteroatoms. The molecule has 0 saturated carbocycles. The monoisotopic (exact) mass is 416 g/mol. The van der Waals surface area contributed by atoms with Gasteiger partial charge in [0.1, 0.15) is 5.75 Å². The van der Waals surface area contributed by atoms with Gasteiger partial charge in [-0.3, -0.25) is 4.72 Å². The minimum Gasteiger partial charge on any atom is -0.506 e. The van der Waals surface area contributed by atoms with Crippen LogP contribution in [0.15, 0.2) is 18.2 Å². The van der Waals surface area contributed by atoms with E-state index in [9.17, 15) is 13.5 Å². The van der Waals surface area contributed by atoms with E-state index in [0.717, 1.165) is 11.8 Å². The average Bonchev–Trinajstić information content (AvgIpc) is 2.42. The molecule has 0 unspecified atom stereocenters. The van der Waals surface area contributed by atoms with Crippen LogP contribution in [0.25, 0.3) is 0 Å². The zero-order valence-corrected chi connectivity index (χ0v) is 19.9. The molecule has 0 radical (unpaired) electrons. The van der Waals surface area contributed by atoms with E-state index in [1.165, 1.54) is 6.07 Å². The molecule has 1 aromatic carbocycles. The SMILES string of the molecule is CC(C)(C)NC[C@@H](O[Si](C)(C)C(C)(C)C)c1ccc(O)c(NS(C)(=O)=O)c1. The number of hydrogen-bond acceptors (Lipinski definition) is 5. The Morgan fingerprint density at radius 1 is 1.15 bits per heavy atom. The van der Waals surface area contributed by atoms with Crippen molar-refractivity contribution in [3.05, 3.63) is 23.8 Å². The molecule has 6 nitrogen and oxygen atoms in total. The molecule has 0 heterocycles. The molecule has 0 aliphatic carbocycles. The second-order valence-electron chi connectivity index (χ2n) is 9.65. The van der Waals surface area contributed by atoms with Crippen LogP contribution < -0.4 is 10.0 Å². The Labute approximate surface area is 165 Å². The summed E-state index contributed by atoms with van der Waals surface area (Å²) in [5.74, 6) is -0.112. The maximum atomic E-state index is 11.6. The second kappa shape index (κ2) is 8.11. The molecule has 0 spiro atoms. The van der Waals surface area contributed by atoms with Gasteiger partial charge in [-0.15, -0.1) is 0 Å². The largest absolute Gasteiger partial charge is 0.506 e. The molecule has 1 atom stereocenters. The molecule has 3 N–H and O–H groups in total. The summed E-state index contributed by atoms with van der Waals surface area (Å²) in [5.41, 5.74) is 0.898. The lowest BCUT2D eigenvalue weighted by Crippen LogP contribution is -2.45. The first-order chi connectivity index (χ1) is 11.9. The van der Waals surface area contributed by atoms with Crippen molar-refractivity contribution in [2.24, 2.45) is 0 Å². The summed E-state index contributed by atoms with van der Waals surface area (Å²) in [6.07, 6.45) is 0.801. The van der Waals surface area contributed by atoms with E-state index in [2.05, 4.69) is 64.7 Å². The lowest BCUT2D eigenvalue weighted by molar-refractivity contribution is 0.169. The van der Waals surface area contributed by atoms with E-state index in [1.807, 2.05) is 0 Å². The summed E-state index contributed by atoms with van der Waals surface area (Å²) in [4.78, 5) is 0. The minimum absolute atomic E-state index is 0.0394. The van der Waals surface area contributed by atoms with Gasteiger partial charge in [0, 0.05) is 12.1 Å². The summed E-state index contributed by atoms with van der Waals surface area (Å²) in [5, 5.41) is 13.5. The highest BCUT2D eigenvalue weighted by molar-refractivity contribution is 7.92. The predicted molar refractivity (Wildman–Crippen MR) is 115 cm³/mol. The van der Waals surface area contributed by atoms with Crippen molar-refractivity contribution in [3.63, 3.8) is 0 Å². The first kappa shape index (κ1) is 23.9. The zero-order chi connectivity index (χ0) is 21.3. The van der Waals surface area contributed by atoms with E-state index in [1.54, 1.807) is 12.1 Å². The number of hydrogen-bond donors (Lipinski definition) is 3. The first-order valence-electron chi connectivity index (χ1n) is 9.15. The van der Waals surface area contributed by atoms with Gasteiger partial charge in [-0.25, -0.2) is 8.42 Å². The maximum absolute atomic E-state index is 11.6. The van der Waals surface area contributed by atoms with Gasteiger partial charge < -0.3 is 14.8 Å². The molecule has 27 heavy (non-hydrogen) atoms. The van der Waals surface area contributed by atoms with Crippen molar-refractivity contribution >= 4 is 24.0 Å². The molecule has 0 saturated heterocycles. The predicted octanol–water partition coefficient (Wildman–Crippen LogP) is 4.21. The smallest absolute Gasteiger partial charge is 0.229 e. The van der Waals surface area contributed by atoms with Crippen molar-refractivity contribution < 1.29 is 18.0 Å². The lowest BCUT2D eigenvalue weighted by Gasteiger charge is -2.40. The zero-order valence-electron chi connectivity index (χ0n) is 18.1. The van der Waals surface area contributed by atoms with Crippen LogP contribution in [0.4, 0.5) is 5.69 Å². The van der Waals surface area contributed by atoms with Gasteiger partial charge in [0.15, 0.2) is 8.32 Å². The summed E-state index contributed by atoms with van der Waals surface area (Å²) < 4.78 is 32.2. The third kappa shape index (κ3) is 7.81. The van der Waals surface area contributed by atoms with Gasteiger partial charge in [0.2, 0.25) is 10.0 Å². The van der Waals surface area contributed by atoms with E-state index in [0.29, 0.717) is 6.54 Å². The third-order valence-electron chi connectivity index (χ3n) is 4.75. The average molecular weight is 417 g/mol. The minimum atomic E-state index is -3.49. The van der Waals surface area contributed by atoms with E-state index < -0.39 is 18.3 Å². The molecule has 0 aromatic heterocycles. The molecule has 0 aliphatic heterocycles. The Bertz CT molecular complexity index is 750. The van der Waals surface area contributed by atoms with E-state index in [4.69, 9.17) is 4.43 Å². The Hall–Kier alpha value is -1.09. The molecule has 1 rings (SSSR count). The van der Waals surface area contributed by atoms with Crippen LogP contribution >= 0.6 is 0 Å². The maximum Gasteiger partial charge on any atom is 0.229 e. The van der Waals surface area contributed by atoms with Gasteiger partial charge in [-0.1, -0.05) is 26.8 Å². The number of aromatic hydroxyl groups is 1. The van der Waals surface area contributed by atoms with Gasteiger partial charge >= 0.3 is 0 Å². The van der Waals surface area contributed by atoms with Crippen LogP contribution in [0.2, 0.25) is 18.1 Å². The van der Waals surface area contributed by atoms with Crippen LogP contribution in [0.3, 0.4) is 0 Å². The number of sulfonamides is 1. The first-order valence-corrected chi connectivity index (χ1v) is 13.9. The normalized spacial score (nSPS) is 14.9. The van der Waals surface area contributed by atoms with Crippen LogP contribution in [-0.4, -0.2) is 40.2 Å². The Morgan fingerprint density at radius 2 is 1.70 bits per heavy atom. The van der Waals surface area contributed by atoms with Gasteiger partial charge in [-0.05, 0) is 56.6 Å². The number of rotatable bonds is 7. The van der Waals surface area contributed by atoms with E-state index >= 15 is 0 Å². The summed E-state index contributed by atoms with van der Waals surface area (Å²) in [6.45, 7) is 17.8. The molecule has 0 fully saturated rings. The Balaban J connectivity index is 3.28. The fourth-order valence-electron chi connectivity index (χ4n) is 2.19. The van der Waals surface area contributed by atoms with Gasteiger partial charge in [0.05, 0.1) is 18.0 Å². The van der Waals surface area contributed by atoms with Crippen molar-refractivity contribution in [2.45, 2.75) is 71.3 Å². The quantitative estimate of drug-likeness (QED) is 0.458. The topological polar surface area (TPSA) is 87.7 Å². The third-order valence-corrected chi connectivity index (χ3v) is 9.83. The lowest BCUT2D eigenvalue weighted by atomic mass is 10.1. The summed E-state index contributed by atoms with van der Waals surface area (Å²) >= 11 is 0. The molecule has 0 bridgehead atoms. The fraction of sp³-hybridized carbons (Fsp3) is 0.684. The molecular formula is C19H36N2O4SSi. The van der Waals surface area contributed by atoms with Crippen molar-refractivity contribution in [3.8, 4) is 5.75 Å². The number of nitrogens with one attached hydrogen (secondary N) is 2. The molecule has 156 valence electrons. The Morgan fingerprint density at radius 3 is 2.15 bits per heavy atom. The van der Waals surface area contributed by atoms with Crippen molar-refractivity contribution in [2.75, 3.05) is 17.5 Å². The summed E-state index contributed by atoms with van der Waals surface area (Å²) in [7, 11) is -5.56. The highest BCUT2D eigenvalue weighted by atomic mass is 32.2. The number of anilines is 1. The van der Waals surface area contributed by atoms with Crippen molar-refractivity contribution in [1.82, 2.24) is 5.32 Å². The van der Waals surface area contributed by atoms with E-state index in [-0.39, 0.29) is 28.1 Å². The van der Waals surface area contributed by atoms with Gasteiger partial charge in [-0.2, -0.15) is 0 Å². The van der Waals surface area contributed by atoms with Crippen LogP contribution in [0, 0.1) is 0 Å². The van der Waals surface area contributed by atoms with Crippen LogP contribution in [0.1, 0.15) is 53.2 Å². The number of benzene rings is 1. The van der Waals surface area contributed by atoms with Gasteiger partial charge in [0.25, 0.3) is 0 Å². The second-order valence-corrected chi connectivity index (χ2v) is 16.2. The molecule has 1 aromatic rings. The summed E-state index contributed by atoms with van der Waals surface area (Å²) in [6, 6.07) is 4.94. The number of phenolic OH excluding ortho intramolecular Hbond substituents is 1. The van der Waals surface area contributed by atoms with Crippen LogP contribution in [0.5, 0.6) is 5.75 Å². The fourth-order valence-corrected chi connectivity index (χ4v) is 4.04. The molecular weight excluding hydrogens is 380 g/mol. The highest BCUT2D eigenvalue weighted by Crippen LogP contribution is 2.40.